The van der Waals surface area contributed by atoms with Crippen molar-refractivity contribution in [1.82, 2.24) is 0 Å². The third-order valence-electron chi connectivity index (χ3n) is 2.33. The molecule has 2 rings (SSSR count). The number of ether oxygens (including phenoxy) is 2. The van der Waals surface area contributed by atoms with Gasteiger partial charge in [0.15, 0.2) is 11.5 Å². The zero-order chi connectivity index (χ0) is 13.7. The maximum Gasteiger partial charge on any atom is 0.379 e. The van der Waals surface area contributed by atoms with Crippen LogP contribution in [0.25, 0.3) is 0 Å². The Hall–Kier alpha value is -2.56. The minimum atomic E-state index is -0.621. The molecule has 1 aromatic carbocycles. The van der Waals surface area contributed by atoms with Gasteiger partial charge in [0.2, 0.25) is 5.76 Å². The van der Waals surface area contributed by atoms with Gasteiger partial charge in [-0.2, -0.15) is 0 Å². The summed E-state index contributed by atoms with van der Waals surface area (Å²) < 4.78 is 15.4. The second-order valence-corrected chi connectivity index (χ2v) is 3.62. The molecule has 0 aliphatic rings. The maximum absolute atomic E-state index is 11.7. The highest BCUT2D eigenvalue weighted by atomic mass is 16.6. The van der Waals surface area contributed by atoms with E-state index in [0.717, 1.165) is 0 Å². The SMILES string of the molecule is CCOc1cc(C=O)ccc1OC(=O)c1ccco1. The van der Waals surface area contributed by atoms with Gasteiger partial charge in [0.25, 0.3) is 0 Å². The van der Waals surface area contributed by atoms with E-state index in [0.29, 0.717) is 24.2 Å². The molecule has 0 atom stereocenters. The van der Waals surface area contributed by atoms with Gasteiger partial charge in [-0.1, -0.05) is 0 Å². The van der Waals surface area contributed by atoms with E-state index in [9.17, 15) is 9.59 Å². The summed E-state index contributed by atoms with van der Waals surface area (Å²) in [7, 11) is 0. The van der Waals surface area contributed by atoms with E-state index in [2.05, 4.69) is 0 Å². The second kappa shape index (κ2) is 5.86. The summed E-state index contributed by atoms with van der Waals surface area (Å²) in [5, 5.41) is 0. The summed E-state index contributed by atoms with van der Waals surface area (Å²) in [6, 6.07) is 7.66. The van der Waals surface area contributed by atoms with E-state index in [-0.39, 0.29) is 11.5 Å². The average Bonchev–Trinajstić information content (AvgIpc) is 2.95. The third kappa shape index (κ3) is 3.01. The molecular weight excluding hydrogens is 248 g/mol. The van der Waals surface area contributed by atoms with Crippen LogP contribution in [0.15, 0.2) is 41.0 Å². The molecule has 0 aliphatic heterocycles. The van der Waals surface area contributed by atoms with E-state index in [1.807, 2.05) is 0 Å². The van der Waals surface area contributed by atoms with Gasteiger partial charge in [-0.3, -0.25) is 4.79 Å². The van der Waals surface area contributed by atoms with Crippen LogP contribution in [0, 0.1) is 0 Å². The largest absolute Gasteiger partial charge is 0.490 e. The van der Waals surface area contributed by atoms with Crippen LogP contribution in [-0.4, -0.2) is 18.9 Å². The molecule has 2 aromatic rings. The zero-order valence-electron chi connectivity index (χ0n) is 10.3. The number of carbonyl (C=O) groups excluding carboxylic acids is 2. The number of benzene rings is 1. The van der Waals surface area contributed by atoms with Crippen molar-refractivity contribution in [2.75, 3.05) is 6.61 Å². The molecule has 1 heterocycles. The van der Waals surface area contributed by atoms with Gasteiger partial charge in [-0.05, 0) is 37.3 Å². The molecule has 1 aromatic heterocycles. The highest BCUT2D eigenvalue weighted by Crippen LogP contribution is 2.28. The first kappa shape index (κ1) is 12.9. The Morgan fingerprint density at radius 2 is 2.16 bits per heavy atom. The average molecular weight is 260 g/mol. The quantitative estimate of drug-likeness (QED) is 0.470. The van der Waals surface area contributed by atoms with Crippen LogP contribution in [0.4, 0.5) is 0 Å². The molecule has 0 unspecified atom stereocenters. The second-order valence-electron chi connectivity index (χ2n) is 3.62. The predicted octanol–water partition coefficient (Wildman–Crippen LogP) is 2.71. The number of esters is 1. The molecule has 0 aliphatic carbocycles. The fourth-order valence-corrected chi connectivity index (χ4v) is 1.50. The third-order valence-corrected chi connectivity index (χ3v) is 2.33. The fourth-order valence-electron chi connectivity index (χ4n) is 1.50. The maximum atomic E-state index is 11.7. The number of hydrogen-bond donors (Lipinski definition) is 0. The van der Waals surface area contributed by atoms with Crippen LogP contribution in [0.5, 0.6) is 11.5 Å². The Morgan fingerprint density at radius 1 is 1.32 bits per heavy atom. The van der Waals surface area contributed by atoms with Crippen molar-refractivity contribution in [3.63, 3.8) is 0 Å². The van der Waals surface area contributed by atoms with Crippen molar-refractivity contribution in [2.45, 2.75) is 6.92 Å². The first-order valence-electron chi connectivity index (χ1n) is 5.72. The van der Waals surface area contributed by atoms with E-state index in [1.165, 1.54) is 24.5 Å². The molecule has 19 heavy (non-hydrogen) atoms. The number of hydrogen-bond acceptors (Lipinski definition) is 5. The van der Waals surface area contributed by atoms with Gasteiger partial charge in [0.05, 0.1) is 12.9 Å². The van der Waals surface area contributed by atoms with Crippen LogP contribution in [0.2, 0.25) is 0 Å². The van der Waals surface area contributed by atoms with E-state index in [4.69, 9.17) is 13.9 Å². The predicted molar refractivity (Wildman–Crippen MR) is 66.7 cm³/mol. The summed E-state index contributed by atoms with van der Waals surface area (Å²) in [4.78, 5) is 22.4. The number of furan rings is 1. The lowest BCUT2D eigenvalue weighted by atomic mass is 10.2. The molecule has 98 valence electrons. The van der Waals surface area contributed by atoms with Crippen LogP contribution in [0.3, 0.4) is 0 Å². The van der Waals surface area contributed by atoms with Crippen LogP contribution in [0.1, 0.15) is 27.8 Å². The molecule has 0 bridgehead atoms. The topological polar surface area (TPSA) is 65.7 Å². The Balaban J connectivity index is 2.23. The molecule has 0 spiro atoms. The molecule has 0 saturated carbocycles. The molecule has 5 nitrogen and oxygen atoms in total. The summed E-state index contributed by atoms with van der Waals surface area (Å²) >= 11 is 0. The van der Waals surface area contributed by atoms with Gasteiger partial charge in [0.1, 0.15) is 6.29 Å². The molecular formula is C14H12O5. The zero-order valence-corrected chi connectivity index (χ0v) is 10.3. The Bertz CT molecular complexity index is 572. The Labute approximate surface area is 109 Å². The van der Waals surface area contributed by atoms with E-state index < -0.39 is 5.97 Å². The normalized spacial score (nSPS) is 9.95. The number of rotatable bonds is 5. The monoisotopic (exact) mass is 260 g/mol. The Kier molecular flexibility index (Phi) is 3.97. The van der Waals surface area contributed by atoms with Gasteiger partial charge >= 0.3 is 5.97 Å². The van der Waals surface area contributed by atoms with Crippen molar-refractivity contribution in [1.29, 1.82) is 0 Å². The van der Waals surface area contributed by atoms with Crippen LogP contribution < -0.4 is 9.47 Å². The van der Waals surface area contributed by atoms with Gasteiger partial charge in [0, 0.05) is 5.56 Å². The Morgan fingerprint density at radius 3 is 2.79 bits per heavy atom. The van der Waals surface area contributed by atoms with E-state index >= 15 is 0 Å². The minimum absolute atomic E-state index is 0.0990. The van der Waals surface area contributed by atoms with Gasteiger partial charge in [-0.15, -0.1) is 0 Å². The molecule has 0 N–H and O–H groups in total. The van der Waals surface area contributed by atoms with Crippen molar-refractivity contribution in [3.05, 3.63) is 47.9 Å². The highest BCUT2D eigenvalue weighted by Gasteiger charge is 2.15. The molecule has 0 fully saturated rings. The van der Waals surface area contributed by atoms with Gasteiger partial charge < -0.3 is 13.9 Å². The fraction of sp³-hybridized carbons (Fsp3) is 0.143. The summed E-state index contributed by atoms with van der Waals surface area (Å²) in [6.07, 6.45) is 2.08. The van der Waals surface area contributed by atoms with E-state index in [1.54, 1.807) is 19.1 Å². The van der Waals surface area contributed by atoms with Crippen molar-refractivity contribution >= 4 is 12.3 Å². The first-order chi connectivity index (χ1) is 9.24. The lowest BCUT2D eigenvalue weighted by Gasteiger charge is -2.10. The summed E-state index contributed by atoms with van der Waals surface area (Å²) in [5.41, 5.74) is 0.446. The number of aldehydes is 1. The minimum Gasteiger partial charge on any atom is -0.490 e. The van der Waals surface area contributed by atoms with Crippen LogP contribution in [-0.2, 0) is 0 Å². The van der Waals surface area contributed by atoms with Crippen LogP contribution >= 0.6 is 0 Å². The summed E-state index contributed by atoms with van der Waals surface area (Å²) in [5.74, 6) is 0.0626. The molecule has 0 saturated heterocycles. The summed E-state index contributed by atoms with van der Waals surface area (Å²) in [6.45, 7) is 2.19. The molecule has 0 radical (unpaired) electrons. The molecule has 5 heteroatoms. The van der Waals surface area contributed by atoms with Gasteiger partial charge in [-0.25, -0.2) is 4.79 Å². The lowest BCUT2D eigenvalue weighted by Crippen LogP contribution is -2.08. The highest BCUT2D eigenvalue weighted by molar-refractivity contribution is 5.88. The smallest absolute Gasteiger partial charge is 0.379 e. The standard InChI is InChI=1S/C14H12O5/c1-2-17-13-8-10(9-15)5-6-11(13)19-14(16)12-4-3-7-18-12/h3-9H,2H2,1H3. The lowest BCUT2D eigenvalue weighted by molar-refractivity contribution is 0.0695. The first-order valence-corrected chi connectivity index (χ1v) is 5.72. The van der Waals surface area contributed by atoms with Crippen molar-refractivity contribution in [3.8, 4) is 11.5 Å². The van der Waals surface area contributed by atoms with Crippen molar-refractivity contribution in [2.24, 2.45) is 0 Å². The molecule has 0 amide bonds. The van der Waals surface area contributed by atoms with Crippen molar-refractivity contribution < 1.29 is 23.5 Å². The number of carbonyl (C=O) groups is 2.